The van der Waals surface area contributed by atoms with Crippen molar-refractivity contribution in [3.8, 4) is 0 Å². The van der Waals surface area contributed by atoms with Gasteiger partial charge in [-0.3, -0.25) is 0 Å². The third-order valence-corrected chi connectivity index (χ3v) is 2.80. The van der Waals surface area contributed by atoms with Crippen molar-refractivity contribution in [1.82, 2.24) is 5.32 Å². The predicted molar refractivity (Wildman–Crippen MR) is 71.9 cm³/mol. The van der Waals surface area contributed by atoms with Crippen LogP contribution in [0.15, 0.2) is 0 Å². The average Bonchev–Trinajstić information content (AvgIpc) is 2.21. The second-order valence-electron chi connectivity index (χ2n) is 5.28. The van der Waals surface area contributed by atoms with E-state index in [2.05, 4.69) is 39.9 Å². The molecule has 1 N–H and O–H groups in total. The van der Waals surface area contributed by atoms with Crippen molar-refractivity contribution in [3.63, 3.8) is 0 Å². The number of nitrogens with one attached hydrogen (secondary N) is 1. The molecule has 0 spiro atoms. The van der Waals surface area contributed by atoms with Crippen molar-refractivity contribution in [2.45, 2.75) is 72.4 Å². The molecule has 0 aromatic carbocycles. The molecule has 2 heteroatoms. The molecule has 1 unspecified atom stereocenters. The van der Waals surface area contributed by atoms with Gasteiger partial charge in [0.2, 0.25) is 0 Å². The van der Waals surface area contributed by atoms with Gasteiger partial charge in [0.15, 0.2) is 0 Å². The van der Waals surface area contributed by atoms with Crippen molar-refractivity contribution in [2.75, 3.05) is 13.2 Å². The first-order valence-corrected chi connectivity index (χ1v) is 6.92. The highest BCUT2D eigenvalue weighted by molar-refractivity contribution is 4.67. The van der Waals surface area contributed by atoms with Crippen LogP contribution in [0.5, 0.6) is 0 Å². The van der Waals surface area contributed by atoms with Crippen LogP contribution in [0.25, 0.3) is 0 Å². The SMILES string of the molecule is CCCCCCOC(CNC(C)C)C(C)C. The van der Waals surface area contributed by atoms with Crippen LogP contribution >= 0.6 is 0 Å². The summed E-state index contributed by atoms with van der Waals surface area (Å²) in [5.41, 5.74) is 0. The Balaban J connectivity index is 3.60. The topological polar surface area (TPSA) is 21.3 Å². The minimum Gasteiger partial charge on any atom is -0.377 e. The number of hydrogen-bond acceptors (Lipinski definition) is 2. The summed E-state index contributed by atoms with van der Waals surface area (Å²) in [4.78, 5) is 0. The highest BCUT2D eigenvalue weighted by Gasteiger charge is 2.13. The summed E-state index contributed by atoms with van der Waals surface area (Å²) in [6, 6.07) is 0.546. The van der Waals surface area contributed by atoms with E-state index in [0.29, 0.717) is 18.1 Å². The molecule has 1 atom stereocenters. The van der Waals surface area contributed by atoms with E-state index in [1.54, 1.807) is 0 Å². The van der Waals surface area contributed by atoms with Gasteiger partial charge in [-0.05, 0) is 12.3 Å². The smallest absolute Gasteiger partial charge is 0.0722 e. The van der Waals surface area contributed by atoms with Crippen molar-refractivity contribution in [2.24, 2.45) is 5.92 Å². The highest BCUT2D eigenvalue weighted by Crippen LogP contribution is 2.08. The Labute approximate surface area is 102 Å². The highest BCUT2D eigenvalue weighted by atomic mass is 16.5. The summed E-state index contributed by atoms with van der Waals surface area (Å²) < 4.78 is 5.94. The molecular formula is C14H31NO. The summed E-state index contributed by atoms with van der Waals surface area (Å²) >= 11 is 0. The van der Waals surface area contributed by atoms with E-state index < -0.39 is 0 Å². The molecule has 0 aromatic heterocycles. The minimum absolute atomic E-state index is 0.365. The Morgan fingerprint density at radius 3 is 2.19 bits per heavy atom. The molecule has 0 fully saturated rings. The third-order valence-electron chi connectivity index (χ3n) is 2.80. The summed E-state index contributed by atoms with van der Waals surface area (Å²) in [6.45, 7) is 13.0. The van der Waals surface area contributed by atoms with Crippen LogP contribution in [0.4, 0.5) is 0 Å². The lowest BCUT2D eigenvalue weighted by Crippen LogP contribution is -2.36. The van der Waals surface area contributed by atoms with E-state index in [4.69, 9.17) is 4.74 Å². The van der Waals surface area contributed by atoms with Crippen molar-refractivity contribution >= 4 is 0 Å². The van der Waals surface area contributed by atoms with Gasteiger partial charge < -0.3 is 10.1 Å². The van der Waals surface area contributed by atoms with Crippen LogP contribution < -0.4 is 5.32 Å². The largest absolute Gasteiger partial charge is 0.377 e. The van der Waals surface area contributed by atoms with Gasteiger partial charge in [-0.25, -0.2) is 0 Å². The van der Waals surface area contributed by atoms with E-state index in [1.807, 2.05) is 0 Å². The van der Waals surface area contributed by atoms with Gasteiger partial charge >= 0.3 is 0 Å². The van der Waals surface area contributed by atoms with Crippen LogP contribution in [0.3, 0.4) is 0 Å². The summed E-state index contributed by atoms with van der Waals surface area (Å²) in [5, 5.41) is 3.45. The molecule has 2 nitrogen and oxygen atoms in total. The number of rotatable bonds is 10. The average molecular weight is 229 g/mol. The molecule has 0 rings (SSSR count). The van der Waals surface area contributed by atoms with Crippen molar-refractivity contribution in [3.05, 3.63) is 0 Å². The molecule has 0 bridgehead atoms. The third kappa shape index (κ3) is 9.17. The lowest BCUT2D eigenvalue weighted by Gasteiger charge is -2.23. The lowest BCUT2D eigenvalue weighted by atomic mass is 10.1. The van der Waals surface area contributed by atoms with Gasteiger partial charge in [0.25, 0.3) is 0 Å². The normalized spacial score (nSPS) is 13.7. The molecule has 0 radical (unpaired) electrons. The van der Waals surface area contributed by atoms with Gasteiger partial charge in [0, 0.05) is 19.2 Å². The van der Waals surface area contributed by atoms with E-state index in [9.17, 15) is 0 Å². The van der Waals surface area contributed by atoms with E-state index in [1.165, 1.54) is 25.7 Å². The maximum absolute atomic E-state index is 5.94. The van der Waals surface area contributed by atoms with E-state index in [-0.39, 0.29) is 0 Å². The van der Waals surface area contributed by atoms with Gasteiger partial charge in [0.1, 0.15) is 0 Å². The van der Waals surface area contributed by atoms with E-state index >= 15 is 0 Å². The monoisotopic (exact) mass is 229 g/mol. The molecule has 0 heterocycles. The Hall–Kier alpha value is -0.0800. The molecule has 0 aliphatic heterocycles. The van der Waals surface area contributed by atoms with Crippen LogP contribution in [0.2, 0.25) is 0 Å². The minimum atomic E-state index is 0.365. The second kappa shape index (κ2) is 10.1. The van der Waals surface area contributed by atoms with Gasteiger partial charge in [0.05, 0.1) is 6.10 Å². The van der Waals surface area contributed by atoms with Crippen LogP contribution in [-0.4, -0.2) is 25.3 Å². The fraction of sp³-hybridized carbons (Fsp3) is 1.00. The van der Waals surface area contributed by atoms with E-state index in [0.717, 1.165) is 13.2 Å². The number of unbranched alkanes of at least 4 members (excludes halogenated alkanes) is 3. The van der Waals surface area contributed by atoms with Gasteiger partial charge in [-0.1, -0.05) is 53.9 Å². The van der Waals surface area contributed by atoms with Crippen LogP contribution in [0.1, 0.15) is 60.3 Å². The number of ether oxygens (including phenoxy) is 1. The molecule has 0 amide bonds. The molecule has 0 saturated heterocycles. The molecule has 0 aliphatic carbocycles. The molecule has 0 aliphatic rings. The zero-order valence-corrected chi connectivity index (χ0v) is 11.9. The summed E-state index contributed by atoms with van der Waals surface area (Å²) in [5.74, 6) is 0.595. The zero-order valence-electron chi connectivity index (χ0n) is 11.9. The molecule has 0 saturated carbocycles. The van der Waals surface area contributed by atoms with Gasteiger partial charge in [-0.15, -0.1) is 0 Å². The zero-order chi connectivity index (χ0) is 12.4. The fourth-order valence-corrected chi connectivity index (χ4v) is 1.60. The van der Waals surface area contributed by atoms with Crippen LogP contribution in [0, 0.1) is 5.92 Å². The van der Waals surface area contributed by atoms with Crippen molar-refractivity contribution < 1.29 is 4.74 Å². The Morgan fingerprint density at radius 1 is 1.00 bits per heavy atom. The van der Waals surface area contributed by atoms with Crippen molar-refractivity contribution in [1.29, 1.82) is 0 Å². The first-order valence-electron chi connectivity index (χ1n) is 6.92. The molecule has 16 heavy (non-hydrogen) atoms. The number of hydrogen-bond donors (Lipinski definition) is 1. The van der Waals surface area contributed by atoms with Gasteiger partial charge in [-0.2, -0.15) is 0 Å². The Bertz CT molecular complexity index is 146. The summed E-state index contributed by atoms with van der Waals surface area (Å²) in [6.07, 6.45) is 5.50. The quantitative estimate of drug-likeness (QED) is 0.578. The predicted octanol–water partition coefficient (Wildman–Crippen LogP) is 3.61. The Morgan fingerprint density at radius 2 is 1.69 bits per heavy atom. The fourth-order valence-electron chi connectivity index (χ4n) is 1.60. The molecule has 0 aromatic rings. The first-order chi connectivity index (χ1) is 7.57. The summed E-state index contributed by atoms with van der Waals surface area (Å²) in [7, 11) is 0. The lowest BCUT2D eigenvalue weighted by molar-refractivity contribution is 0.0197. The second-order valence-corrected chi connectivity index (χ2v) is 5.28. The van der Waals surface area contributed by atoms with Crippen LogP contribution in [-0.2, 0) is 4.74 Å². The maximum atomic E-state index is 5.94. The molecule has 98 valence electrons. The first kappa shape index (κ1) is 15.9. The molecular weight excluding hydrogens is 198 g/mol. The Kier molecular flexibility index (Phi) is 10.0. The maximum Gasteiger partial charge on any atom is 0.0722 e. The standard InChI is InChI=1S/C14H31NO/c1-6-7-8-9-10-16-14(12(2)3)11-15-13(4)5/h12-15H,6-11H2,1-5H3.